The van der Waals surface area contributed by atoms with E-state index in [4.69, 9.17) is 5.11 Å². The third-order valence-corrected chi connectivity index (χ3v) is 4.02. The minimum absolute atomic E-state index is 0.0374. The summed E-state index contributed by atoms with van der Waals surface area (Å²) >= 11 is 0. The molecule has 1 aromatic heterocycles. The number of fused-ring (bicyclic) bond motifs is 1. The van der Waals surface area contributed by atoms with Crippen LogP contribution in [0.25, 0.3) is 10.9 Å². The largest absolute Gasteiger partial charge is 0.505 e. The van der Waals surface area contributed by atoms with Gasteiger partial charge in [-0.05, 0) is 42.8 Å². The number of hydrogen-bond donors (Lipinski definition) is 2. The lowest BCUT2D eigenvalue weighted by molar-refractivity contribution is -0.136. The summed E-state index contributed by atoms with van der Waals surface area (Å²) in [5, 5.41) is 18.6. The Hall–Kier alpha value is -3.22. The maximum Gasteiger partial charge on any atom is 0.307 e. The van der Waals surface area contributed by atoms with Gasteiger partial charge in [0.05, 0.1) is 11.9 Å². The van der Waals surface area contributed by atoms with E-state index in [2.05, 4.69) is 0 Å². The third-order valence-electron chi connectivity index (χ3n) is 4.02. The van der Waals surface area contributed by atoms with E-state index in [9.17, 15) is 23.5 Å². The van der Waals surface area contributed by atoms with Crippen molar-refractivity contribution in [1.29, 1.82) is 0 Å². The molecule has 0 atom stereocenters. The molecule has 0 fully saturated rings. The van der Waals surface area contributed by atoms with E-state index in [0.29, 0.717) is 0 Å². The Bertz CT molecular complexity index is 1020. The van der Waals surface area contributed by atoms with E-state index in [1.807, 2.05) is 0 Å². The molecule has 3 aromatic rings. The molecule has 0 aliphatic rings. The Morgan fingerprint density at radius 1 is 1.16 bits per heavy atom. The average Bonchev–Trinajstić information content (AvgIpc) is 2.82. The lowest BCUT2D eigenvalue weighted by Gasteiger charge is -2.07. The zero-order valence-electron chi connectivity index (χ0n) is 13.1. The number of hydrogen-bond acceptors (Lipinski definition) is 3. The van der Waals surface area contributed by atoms with Gasteiger partial charge in [0.2, 0.25) is 0 Å². The van der Waals surface area contributed by atoms with E-state index in [1.54, 1.807) is 0 Å². The summed E-state index contributed by atoms with van der Waals surface area (Å²) in [5.74, 6) is -4.07. The molecule has 0 unspecified atom stereocenters. The lowest BCUT2D eigenvalue weighted by Crippen LogP contribution is -2.14. The van der Waals surface area contributed by atoms with Gasteiger partial charge in [0.15, 0.2) is 11.6 Å². The smallest absolute Gasteiger partial charge is 0.307 e. The molecule has 7 heteroatoms. The van der Waals surface area contributed by atoms with Crippen molar-refractivity contribution >= 4 is 22.8 Å². The van der Waals surface area contributed by atoms with Crippen molar-refractivity contribution in [3.05, 3.63) is 64.9 Å². The molecule has 0 aliphatic carbocycles. The van der Waals surface area contributed by atoms with Gasteiger partial charge in [0.25, 0.3) is 5.91 Å². The number of carbonyl (C=O) groups is 2. The van der Waals surface area contributed by atoms with Crippen LogP contribution in [0.2, 0.25) is 0 Å². The number of carbonyl (C=O) groups excluding carboxylic acids is 1. The molecule has 0 saturated heterocycles. The van der Waals surface area contributed by atoms with E-state index in [1.165, 1.54) is 31.2 Å². The molecule has 1 heterocycles. The quantitative estimate of drug-likeness (QED) is 0.764. The van der Waals surface area contributed by atoms with Crippen LogP contribution in [0.1, 0.15) is 21.6 Å². The van der Waals surface area contributed by atoms with Crippen molar-refractivity contribution in [1.82, 2.24) is 4.57 Å². The first-order valence-electron chi connectivity index (χ1n) is 7.34. The number of nitrogens with zero attached hydrogens (tertiary/aromatic N) is 1. The number of halogens is 2. The van der Waals surface area contributed by atoms with Gasteiger partial charge in [-0.15, -0.1) is 0 Å². The van der Waals surface area contributed by atoms with Crippen molar-refractivity contribution < 1.29 is 28.6 Å². The van der Waals surface area contributed by atoms with Crippen LogP contribution in [-0.2, 0) is 11.2 Å². The summed E-state index contributed by atoms with van der Waals surface area (Å²) in [6.45, 7) is 1.48. The van der Waals surface area contributed by atoms with E-state index >= 15 is 0 Å². The van der Waals surface area contributed by atoms with Gasteiger partial charge < -0.3 is 10.2 Å². The van der Waals surface area contributed by atoms with Crippen LogP contribution in [-0.4, -0.2) is 26.7 Å². The molecular weight excluding hydrogens is 332 g/mol. The second-order valence-corrected chi connectivity index (χ2v) is 5.58. The van der Waals surface area contributed by atoms with E-state index in [0.717, 1.165) is 16.7 Å². The molecule has 0 aliphatic heterocycles. The Labute approximate surface area is 140 Å². The van der Waals surface area contributed by atoms with Crippen LogP contribution < -0.4 is 0 Å². The van der Waals surface area contributed by atoms with E-state index in [-0.39, 0.29) is 27.7 Å². The Morgan fingerprint density at radius 3 is 2.52 bits per heavy atom. The molecule has 5 nitrogen and oxygen atoms in total. The van der Waals surface area contributed by atoms with Crippen LogP contribution in [0.3, 0.4) is 0 Å². The van der Waals surface area contributed by atoms with Crippen LogP contribution in [0.15, 0.2) is 36.4 Å². The van der Waals surface area contributed by atoms with Gasteiger partial charge in [0.1, 0.15) is 5.82 Å². The molecule has 128 valence electrons. The summed E-state index contributed by atoms with van der Waals surface area (Å²) in [6, 6.07) is 7.41. The predicted molar refractivity (Wildman–Crippen MR) is 85.8 cm³/mol. The van der Waals surface area contributed by atoms with Crippen LogP contribution in [0, 0.1) is 18.6 Å². The predicted octanol–water partition coefficient (Wildman–Crippen LogP) is 3.25. The second kappa shape index (κ2) is 6.01. The first kappa shape index (κ1) is 16.6. The highest BCUT2D eigenvalue weighted by atomic mass is 19.1. The van der Waals surface area contributed by atoms with Crippen molar-refractivity contribution in [2.45, 2.75) is 13.3 Å². The summed E-state index contributed by atoms with van der Waals surface area (Å²) in [4.78, 5) is 23.9. The van der Waals surface area contributed by atoms with Gasteiger partial charge in [0, 0.05) is 16.6 Å². The van der Waals surface area contributed by atoms with Gasteiger partial charge in [-0.25, -0.2) is 8.78 Å². The molecule has 2 aromatic carbocycles. The number of aromatic nitrogens is 1. The van der Waals surface area contributed by atoms with E-state index < -0.39 is 35.7 Å². The average molecular weight is 345 g/mol. The Kier molecular flexibility index (Phi) is 4.00. The number of phenolic OH excluding ortho intramolecular Hbond substituents is 1. The van der Waals surface area contributed by atoms with Crippen molar-refractivity contribution in [3.8, 4) is 5.75 Å². The highest BCUT2D eigenvalue weighted by molar-refractivity contribution is 6.05. The summed E-state index contributed by atoms with van der Waals surface area (Å²) in [7, 11) is 0. The minimum Gasteiger partial charge on any atom is -0.505 e. The number of carboxylic acids is 1. The van der Waals surface area contributed by atoms with Crippen LogP contribution in [0.5, 0.6) is 5.75 Å². The van der Waals surface area contributed by atoms with Gasteiger partial charge in [-0.1, -0.05) is 6.07 Å². The maximum absolute atomic E-state index is 14.4. The minimum atomic E-state index is -1.21. The van der Waals surface area contributed by atoms with Crippen molar-refractivity contribution in [2.75, 3.05) is 0 Å². The molecule has 0 spiro atoms. The van der Waals surface area contributed by atoms with Crippen molar-refractivity contribution in [2.24, 2.45) is 0 Å². The number of phenols is 1. The fourth-order valence-electron chi connectivity index (χ4n) is 2.90. The highest BCUT2D eigenvalue weighted by Crippen LogP contribution is 2.33. The number of aliphatic carboxylic acids is 1. The fraction of sp³-hybridized carbons (Fsp3) is 0.111. The standard InChI is InChI=1S/C18H13F2NO4/c1-9-12(8-15(23)24)16-13(5-6-14(22)17(16)20)21(9)18(25)10-3-2-4-11(19)7-10/h2-7,22H,8H2,1H3,(H,23,24). The molecule has 0 radical (unpaired) electrons. The molecule has 0 saturated carbocycles. The fourth-order valence-corrected chi connectivity index (χ4v) is 2.90. The van der Waals surface area contributed by atoms with Gasteiger partial charge >= 0.3 is 5.97 Å². The van der Waals surface area contributed by atoms with Crippen LogP contribution in [0.4, 0.5) is 8.78 Å². The summed E-state index contributed by atoms with van der Waals surface area (Å²) in [5.41, 5.74) is 0.450. The first-order chi connectivity index (χ1) is 11.8. The lowest BCUT2D eigenvalue weighted by atomic mass is 10.1. The zero-order valence-corrected chi connectivity index (χ0v) is 13.1. The molecule has 25 heavy (non-hydrogen) atoms. The molecule has 0 amide bonds. The first-order valence-corrected chi connectivity index (χ1v) is 7.34. The number of rotatable bonds is 3. The monoisotopic (exact) mass is 345 g/mol. The van der Waals surface area contributed by atoms with Crippen LogP contribution >= 0.6 is 0 Å². The second-order valence-electron chi connectivity index (χ2n) is 5.58. The van der Waals surface area contributed by atoms with Crippen molar-refractivity contribution in [3.63, 3.8) is 0 Å². The highest BCUT2D eigenvalue weighted by Gasteiger charge is 2.24. The molecule has 0 bridgehead atoms. The Balaban J connectivity index is 2.32. The van der Waals surface area contributed by atoms with Gasteiger partial charge in [-0.3, -0.25) is 14.2 Å². The molecule has 2 N–H and O–H groups in total. The topological polar surface area (TPSA) is 79.5 Å². The van der Waals surface area contributed by atoms with Gasteiger partial charge in [-0.2, -0.15) is 0 Å². The molecular formula is C18H13F2NO4. The summed E-state index contributed by atoms with van der Waals surface area (Å²) < 4.78 is 29.0. The number of carboxylic acid groups (broad SMARTS) is 1. The molecule has 3 rings (SSSR count). The Morgan fingerprint density at radius 2 is 1.88 bits per heavy atom. The SMILES string of the molecule is Cc1c(CC(=O)O)c2c(F)c(O)ccc2n1C(=O)c1cccc(F)c1. The number of benzene rings is 2. The third kappa shape index (κ3) is 2.73. The number of aromatic hydroxyl groups is 1. The normalized spacial score (nSPS) is 11.0. The summed E-state index contributed by atoms with van der Waals surface area (Å²) in [6.07, 6.45) is -0.522. The maximum atomic E-state index is 14.4. The zero-order chi connectivity index (χ0) is 18.3.